The van der Waals surface area contributed by atoms with Crippen LogP contribution in [0.2, 0.25) is 0 Å². The molecule has 2 aromatic carbocycles. The van der Waals surface area contributed by atoms with Crippen LogP contribution in [0.1, 0.15) is 17.5 Å². The smallest absolute Gasteiger partial charge is 0.275 e. The number of aryl methyl sites for hydroxylation is 2. The van der Waals surface area contributed by atoms with E-state index in [0.29, 0.717) is 43.1 Å². The molecule has 1 aliphatic heterocycles. The zero-order chi connectivity index (χ0) is 20.7. The molecule has 0 atom stereocenters. The number of rotatable bonds is 4. The molecule has 0 N–H and O–H groups in total. The highest BCUT2D eigenvalue weighted by atomic mass is 32.2. The molecule has 0 bridgehead atoms. The van der Waals surface area contributed by atoms with Crippen molar-refractivity contribution < 1.29 is 8.42 Å². The van der Waals surface area contributed by atoms with Crippen LogP contribution >= 0.6 is 0 Å². The zero-order valence-corrected chi connectivity index (χ0v) is 17.5. The van der Waals surface area contributed by atoms with Crippen LogP contribution in [0, 0.1) is 0 Å². The van der Waals surface area contributed by atoms with Gasteiger partial charge in [0.1, 0.15) is 0 Å². The van der Waals surface area contributed by atoms with E-state index in [2.05, 4.69) is 10.00 Å². The van der Waals surface area contributed by atoms with Gasteiger partial charge in [0.25, 0.3) is 5.56 Å². The van der Waals surface area contributed by atoms with E-state index in [-0.39, 0.29) is 5.56 Å². The van der Waals surface area contributed by atoms with Crippen LogP contribution in [0.25, 0.3) is 10.8 Å². The van der Waals surface area contributed by atoms with Gasteiger partial charge < -0.3 is 0 Å². The van der Waals surface area contributed by atoms with Gasteiger partial charge in [0.2, 0.25) is 10.0 Å². The fourth-order valence-corrected chi connectivity index (χ4v) is 5.86. The van der Waals surface area contributed by atoms with Gasteiger partial charge in [-0.3, -0.25) is 9.69 Å². The van der Waals surface area contributed by atoms with Gasteiger partial charge in [-0.2, -0.15) is 9.40 Å². The van der Waals surface area contributed by atoms with E-state index >= 15 is 0 Å². The molecule has 0 unspecified atom stereocenters. The van der Waals surface area contributed by atoms with E-state index in [9.17, 15) is 13.2 Å². The monoisotopic (exact) mass is 424 g/mol. The highest BCUT2D eigenvalue weighted by molar-refractivity contribution is 7.89. The number of hydrogen-bond acceptors (Lipinski definition) is 5. The Kier molecular flexibility index (Phi) is 4.92. The largest absolute Gasteiger partial charge is 0.282 e. The van der Waals surface area contributed by atoms with E-state index in [0.717, 1.165) is 30.2 Å². The molecule has 0 saturated carbocycles. The molecular formula is C22H24N4O3S. The van der Waals surface area contributed by atoms with Crippen LogP contribution in [-0.4, -0.2) is 53.6 Å². The Bertz CT molecular complexity index is 1260. The van der Waals surface area contributed by atoms with Gasteiger partial charge in [0.15, 0.2) is 0 Å². The molecule has 8 heteroatoms. The number of hydrogen-bond donors (Lipinski definition) is 0. The van der Waals surface area contributed by atoms with Gasteiger partial charge in [0, 0.05) is 31.6 Å². The molecule has 1 aliphatic carbocycles. The summed E-state index contributed by atoms with van der Waals surface area (Å²) in [6.07, 6.45) is 4.79. The van der Waals surface area contributed by atoms with Gasteiger partial charge in [-0.05, 0) is 48.6 Å². The van der Waals surface area contributed by atoms with Crippen LogP contribution < -0.4 is 5.56 Å². The number of piperazine rings is 1. The first-order valence-electron chi connectivity index (χ1n) is 10.3. The molecule has 0 radical (unpaired) electrons. The van der Waals surface area contributed by atoms with E-state index in [1.165, 1.54) is 10.2 Å². The van der Waals surface area contributed by atoms with Gasteiger partial charge in [-0.15, -0.1) is 0 Å². The minimum atomic E-state index is -3.49. The Morgan fingerprint density at radius 2 is 1.70 bits per heavy atom. The van der Waals surface area contributed by atoms with Crippen molar-refractivity contribution in [3.63, 3.8) is 0 Å². The second-order valence-corrected chi connectivity index (χ2v) is 9.92. The summed E-state index contributed by atoms with van der Waals surface area (Å²) in [7, 11) is -3.49. The molecular weight excluding hydrogens is 400 g/mol. The molecule has 0 spiro atoms. The van der Waals surface area contributed by atoms with Gasteiger partial charge in [-0.1, -0.05) is 24.3 Å². The van der Waals surface area contributed by atoms with Crippen LogP contribution in [0.4, 0.5) is 0 Å². The maximum Gasteiger partial charge on any atom is 0.275 e. The molecule has 1 aromatic heterocycles. The zero-order valence-electron chi connectivity index (χ0n) is 16.7. The number of fused-ring (bicyclic) bond motifs is 2. The summed E-state index contributed by atoms with van der Waals surface area (Å²) < 4.78 is 29.2. The van der Waals surface area contributed by atoms with Crippen LogP contribution in [0.3, 0.4) is 0 Å². The SMILES string of the molecule is O=c1c2ccccc2cnn1CN1CCN(S(=O)(=O)c2ccc3c(c2)CCC3)CC1. The number of sulfonamides is 1. The molecule has 0 amide bonds. The van der Waals surface area contributed by atoms with Gasteiger partial charge in [0.05, 0.1) is 23.1 Å². The summed E-state index contributed by atoms with van der Waals surface area (Å²) in [4.78, 5) is 15.1. The van der Waals surface area contributed by atoms with E-state index in [1.54, 1.807) is 22.6 Å². The Morgan fingerprint density at radius 3 is 2.53 bits per heavy atom. The van der Waals surface area contributed by atoms with Crippen LogP contribution in [-0.2, 0) is 29.5 Å². The van der Waals surface area contributed by atoms with E-state index in [1.807, 2.05) is 30.3 Å². The van der Waals surface area contributed by atoms with Gasteiger partial charge >= 0.3 is 0 Å². The van der Waals surface area contributed by atoms with Crippen molar-refractivity contribution in [3.8, 4) is 0 Å². The third-order valence-electron chi connectivity index (χ3n) is 6.13. The lowest BCUT2D eigenvalue weighted by atomic mass is 10.1. The van der Waals surface area contributed by atoms with Crippen molar-refractivity contribution >= 4 is 20.8 Å². The molecule has 1 fully saturated rings. The average molecular weight is 425 g/mol. The Hall–Kier alpha value is -2.55. The normalized spacial score (nSPS) is 18.0. The Balaban J connectivity index is 1.28. The van der Waals surface area contributed by atoms with E-state index < -0.39 is 10.0 Å². The minimum Gasteiger partial charge on any atom is -0.282 e. The van der Waals surface area contributed by atoms with Crippen molar-refractivity contribution in [2.45, 2.75) is 30.8 Å². The number of nitrogens with zero attached hydrogens (tertiary/aromatic N) is 4. The first-order chi connectivity index (χ1) is 14.5. The molecule has 5 rings (SSSR count). The summed E-state index contributed by atoms with van der Waals surface area (Å²) >= 11 is 0. The Morgan fingerprint density at radius 1 is 0.933 bits per heavy atom. The predicted octanol–water partition coefficient (Wildman–Crippen LogP) is 1.85. The highest BCUT2D eigenvalue weighted by Crippen LogP contribution is 2.26. The lowest BCUT2D eigenvalue weighted by Crippen LogP contribution is -2.49. The second-order valence-electron chi connectivity index (χ2n) is 7.98. The minimum absolute atomic E-state index is 0.124. The van der Waals surface area contributed by atoms with Gasteiger partial charge in [-0.25, -0.2) is 13.1 Å². The van der Waals surface area contributed by atoms with Crippen molar-refractivity contribution in [2.75, 3.05) is 26.2 Å². The third kappa shape index (κ3) is 3.45. The topological polar surface area (TPSA) is 75.5 Å². The average Bonchev–Trinajstić information content (AvgIpc) is 3.24. The maximum absolute atomic E-state index is 13.1. The standard InChI is InChI=1S/C22H24N4O3S/c27-22-21-7-2-1-4-19(21)15-23-26(22)16-24-10-12-25(13-11-24)30(28,29)20-9-8-17-5-3-6-18(17)14-20/h1-2,4,7-9,14-15H,3,5-6,10-13,16H2. The quantitative estimate of drug-likeness (QED) is 0.639. The number of aromatic nitrogens is 2. The molecule has 30 heavy (non-hydrogen) atoms. The summed E-state index contributed by atoms with van der Waals surface area (Å²) in [5.74, 6) is 0. The summed E-state index contributed by atoms with van der Waals surface area (Å²) in [6.45, 7) is 2.29. The fourth-order valence-electron chi connectivity index (χ4n) is 4.39. The van der Waals surface area contributed by atoms with Crippen LogP contribution in [0.15, 0.2) is 58.4 Å². The van der Waals surface area contributed by atoms with E-state index in [4.69, 9.17) is 0 Å². The predicted molar refractivity (Wildman–Crippen MR) is 115 cm³/mol. The first kappa shape index (κ1) is 19.4. The molecule has 3 aromatic rings. The van der Waals surface area contributed by atoms with Crippen molar-refractivity contribution in [1.29, 1.82) is 0 Å². The fraction of sp³-hybridized carbons (Fsp3) is 0.364. The molecule has 2 aliphatic rings. The third-order valence-corrected chi connectivity index (χ3v) is 8.03. The first-order valence-corrected chi connectivity index (χ1v) is 11.8. The summed E-state index contributed by atoms with van der Waals surface area (Å²) in [6, 6.07) is 13.0. The van der Waals surface area contributed by atoms with Crippen LogP contribution in [0.5, 0.6) is 0 Å². The van der Waals surface area contributed by atoms with Crippen molar-refractivity contribution in [1.82, 2.24) is 19.0 Å². The molecule has 2 heterocycles. The van der Waals surface area contributed by atoms with Crippen molar-refractivity contribution in [3.05, 3.63) is 70.1 Å². The molecule has 156 valence electrons. The Labute approximate surface area is 175 Å². The summed E-state index contributed by atoms with van der Waals surface area (Å²) in [5.41, 5.74) is 2.31. The molecule has 7 nitrogen and oxygen atoms in total. The lowest BCUT2D eigenvalue weighted by Gasteiger charge is -2.33. The second kappa shape index (κ2) is 7.61. The maximum atomic E-state index is 13.1. The summed E-state index contributed by atoms with van der Waals surface area (Å²) in [5, 5.41) is 5.75. The van der Waals surface area contributed by atoms with Crippen molar-refractivity contribution in [2.24, 2.45) is 0 Å². The lowest BCUT2D eigenvalue weighted by molar-refractivity contribution is 0.143. The highest BCUT2D eigenvalue weighted by Gasteiger charge is 2.29. The number of benzene rings is 2. The molecule has 1 saturated heterocycles.